The van der Waals surface area contributed by atoms with Crippen molar-refractivity contribution < 1.29 is 73.4 Å². The summed E-state index contributed by atoms with van der Waals surface area (Å²) >= 11 is 0. The van der Waals surface area contributed by atoms with Crippen LogP contribution in [-0.4, -0.2) is 75.3 Å². The monoisotopic (exact) mass is 1750 g/mol. The Kier molecular flexibility index (Phi) is 52.6. The van der Waals surface area contributed by atoms with Crippen LogP contribution in [0.15, 0.2) is 48.5 Å². The van der Waals surface area contributed by atoms with Crippen molar-refractivity contribution >= 4 is 51.6 Å². The predicted octanol–water partition coefficient (Wildman–Crippen LogP) is 30.2. The molecule has 16 nitrogen and oxygen atoms in total. The fourth-order valence-corrected chi connectivity index (χ4v) is 24.2. The minimum atomic E-state index is -4.24. The maximum atomic E-state index is 16.4. The van der Waals surface area contributed by atoms with Crippen LogP contribution in [-0.2, 0) is 80.1 Å². The van der Waals surface area contributed by atoms with Gasteiger partial charge >= 0.3 is 30.4 Å². The molecule has 688 valence electrons. The molecule has 0 fully saturated rings. The van der Waals surface area contributed by atoms with E-state index in [0.29, 0.717) is 115 Å². The van der Waals surface area contributed by atoms with Gasteiger partial charge in [-0.2, -0.15) is 0 Å². The van der Waals surface area contributed by atoms with Crippen LogP contribution in [0, 0.1) is 0 Å². The summed E-state index contributed by atoms with van der Waals surface area (Å²) in [5.41, 5.74) is 5.23. The van der Waals surface area contributed by atoms with Gasteiger partial charge in [0.15, 0.2) is 0 Å². The molecule has 4 aromatic rings. The van der Waals surface area contributed by atoms with E-state index in [-0.39, 0.29) is 25.7 Å². The summed E-state index contributed by atoms with van der Waals surface area (Å²) in [6.45, 7) is 40.4. The molecule has 0 radical (unpaired) electrons. The quantitative estimate of drug-likeness (QED) is 0.0265. The molecule has 0 saturated carbocycles. The van der Waals surface area contributed by atoms with Crippen LogP contribution < -0.4 is 40.2 Å². The first kappa shape index (κ1) is 107. The molecular weight excluding hydrogens is 1580 g/mol. The first-order valence-corrected chi connectivity index (χ1v) is 54.6. The Bertz CT molecular complexity index is 3060. The molecule has 0 unspecified atom stereocenters. The van der Waals surface area contributed by atoms with Crippen LogP contribution in [0.2, 0.25) is 0 Å². The largest absolute Gasteiger partial charge is 0.493 e. The molecular formula is C100H172O16P4. The fourth-order valence-electron chi connectivity index (χ4n) is 16.1. The number of benzene rings is 4. The highest BCUT2D eigenvalue weighted by Crippen LogP contribution is 2.56. The third kappa shape index (κ3) is 39.9. The maximum Gasteiger partial charge on any atom is 0.361 e. The Hall–Kier alpha value is -3.32. The van der Waals surface area contributed by atoms with Crippen LogP contribution in [0.3, 0.4) is 0 Å². The van der Waals surface area contributed by atoms with Gasteiger partial charge in [-0.3, -0.25) is 18.3 Å². The van der Waals surface area contributed by atoms with Gasteiger partial charge < -0.3 is 55.1 Å². The van der Waals surface area contributed by atoms with Crippen molar-refractivity contribution in [2.24, 2.45) is 0 Å². The number of ether oxygens (including phenoxy) is 4. The molecule has 0 aromatic heterocycles. The smallest absolute Gasteiger partial charge is 0.361 e. The summed E-state index contributed by atoms with van der Waals surface area (Å²) in [6, 6.07) is 15.5. The molecule has 0 amide bonds. The van der Waals surface area contributed by atoms with Gasteiger partial charge in [-0.1, -0.05) is 259 Å². The van der Waals surface area contributed by atoms with E-state index >= 15 is 18.3 Å². The lowest BCUT2D eigenvalue weighted by atomic mass is 9.91. The van der Waals surface area contributed by atoms with Crippen LogP contribution in [0.4, 0.5) is 0 Å². The second-order valence-corrected chi connectivity index (χ2v) is 44.2. The molecule has 0 saturated heterocycles. The number of hydrogen-bond acceptors (Lipinski definition) is 16. The number of fused-ring (bicyclic) bond motifs is 8. The minimum absolute atomic E-state index is 0.0925. The summed E-state index contributed by atoms with van der Waals surface area (Å²) in [5.74, 6) is 2.25. The standard InChI is InChI=1S/C100H172O16P4/c1-21-25-29-33-37-41-45-49-53-57-61-105-97-85-65-87-71-94(118(102,111-79(9)10)112-80(11)12)73-89(98(87)106-62-58-54-50-46-42-38-34-30-26-22-2)67-91-75-96(120(104,115-83(17)18)116-84(19)20)76-92(100(91)108-64-60-56-52-48-44-40-36-32-28-24-4)68-90-74-95(119(103,113-81(13)14)114-82(15)16)72-88(99(90)107-63-59-55-51-47-43-39-35-31-27-23-3)66-86(97)70-93(69-85)117(101,109-77(5)6)110-78(7)8/h69-84H,21-68H2,1-20H3. The molecule has 8 bridgehead atoms. The van der Waals surface area contributed by atoms with Crippen molar-refractivity contribution in [1.29, 1.82) is 0 Å². The third-order valence-corrected chi connectivity index (χ3v) is 30.6. The van der Waals surface area contributed by atoms with Gasteiger partial charge in [0.2, 0.25) is 0 Å². The predicted molar refractivity (Wildman–Crippen MR) is 505 cm³/mol. The molecule has 1 aliphatic rings. The van der Waals surface area contributed by atoms with E-state index in [1.807, 2.05) is 159 Å². The van der Waals surface area contributed by atoms with Gasteiger partial charge in [-0.05, 0) is 230 Å². The number of rotatable bonds is 68. The molecule has 120 heavy (non-hydrogen) atoms. The van der Waals surface area contributed by atoms with E-state index in [1.165, 1.54) is 154 Å². The summed E-state index contributed by atoms with van der Waals surface area (Å²) in [6.07, 6.45) is 41.8. The van der Waals surface area contributed by atoms with Crippen LogP contribution in [0.5, 0.6) is 23.0 Å². The molecule has 20 heteroatoms. The molecule has 0 aliphatic heterocycles. The van der Waals surface area contributed by atoms with Gasteiger partial charge in [-0.15, -0.1) is 0 Å². The molecule has 0 atom stereocenters. The zero-order chi connectivity index (χ0) is 87.9. The molecule has 0 N–H and O–H groups in total. The van der Waals surface area contributed by atoms with Gasteiger partial charge in [0.1, 0.15) is 23.0 Å². The normalized spacial score (nSPS) is 13.2. The van der Waals surface area contributed by atoms with Crippen molar-refractivity contribution in [3.8, 4) is 23.0 Å². The fraction of sp³-hybridized carbons (Fsp3) is 0.760. The first-order chi connectivity index (χ1) is 57.4. The SMILES string of the molecule is CCCCCCCCCCCCOc1c2cc(P(=O)(OC(C)C)OC(C)C)cc1Cc1cc(P(=O)(OC(C)C)OC(C)C)cc(c1OCCCCCCCCCCCC)Cc1cc(P(=O)(OC(C)C)OC(C)C)cc(c1OCCCCCCCCCCCC)Cc1cc(P(=O)(OC(C)C)OC(C)C)cc(c1OCCCCCCCCCCCC)C2. The number of unbranched alkanes of at least 4 members (excludes halogenated alkanes) is 36. The second kappa shape index (κ2) is 58.9. The summed E-state index contributed by atoms with van der Waals surface area (Å²) in [5, 5.41) is 1.31. The zero-order valence-corrected chi connectivity index (χ0v) is 83.1. The van der Waals surface area contributed by atoms with Crippen molar-refractivity contribution in [2.75, 3.05) is 26.4 Å². The van der Waals surface area contributed by atoms with Gasteiger partial charge in [0.25, 0.3) is 0 Å². The van der Waals surface area contributed by atoms with E-state index in [4.69, 9.17) is 55.1 Å². The van der Waals surface area contributed by atoms with Crippen molar-refractivity contribution in [3.05, 3.63) is 93.0 Å². The molecule has 0 spiro atoms. The highest BCUT2D eigenvalue weighted by molar-refractivity contribution is 7.63. The molecule has 0 heterocycles. The van der Waals surface area contributed by atoms with E-state index < -0.39 is 79.2 Å². The van der Waals surface area contributed by atoms with Gasteiger partial charge in [0, 0.05) is 25.7 Å². The molecule has 1 aliphatic carbocycles. The van der Waals surface area contributed by atoms with Crippen molar-refractivity contribution in [3.63, 3.8) is 0 Å². The second-order valence-electron chi connectivity index (χ2n) is 36.4. The Morgan fingerprint density at radius 1 is 0.200 bits per heavy atom. The Labute approximate surface area is 733 Å². The minimum Gasteiger partial charge on any atom is -0.493 e. The highest BCUT2D eigenvalue weighted by atomic mass is 31.2. The third-order valence-electron chi connectivity index (χ3n) is 21.5. The molecule has 4 aromatic carbocycles. The average Bonchev–Trinajstić information content (AvgIpc) is 0.748. The lowest BCUT2D eigenvalue weighted by Crippen LogP contribution is -2.22. The molecule has 5 rings (SSSR count). The highest BCUT2D eigenvalue weighted by Gasteiger charge is 2.40. The Balaban J connectivity index is 2.10. The summed E-state index contributed by atoms with van der Waals surface area (Å²) in [4.78, 5) is 0. The van der Waals surface area contributed by atoms with E-state index in [1.54, 1.807) is 0 Å². The van der Waals surface area contributed by atoms with Gasteiger partial charge in [-0.25, -0.2) is 0 Å². The lowest BCUT2D eigenvalue weighted by Gasteiger charge is -2.29. The van der Waals surface area contributed by atoms with E-state index in [0.717, 1.165) is 103 Å². The Morgan fingerprint density at radius 2 is 0.317 bits per heavy atom. The van der Waals surface area contributed by atoms with Gasteiger partial charge in [0.05, 0.1) is 96.5 Å². The van der Waals surface area contributed by atoms with Crippen LogP contribution >= 0.6 is 30.4 Å². The zero-order valence-electron chi connectivity index (χ0n) is 79.5. The van der Waals surface area contributed by atoms with Crippen molar-refractivity contribution in [2.45, 2.75) is 470 Å². The van der Waals surface area contributed by atoms with E-state index in [9.17, 15) is 0 Å². The Morgan fingerprint density at radius 3 is 0.433 bits per heavy atom. The summed E-state index contributed by atoms with van der Waals surface area (Å²) in [7, 11) is -17.0. The lowest BCUT2D eigenvalue weighted by molar-refractivity contribution is 0.149. The number of hydrogen-bond donors (Lipinski definition) is 0. The van der Waals surface area contributed by atoms with Crippen LogP contribution in [0.25, 0.3) is 0 Å². The summed E-state index contributed by atoms with van der Waals surface area (Å²) < 4.78 is 149. The first-order valence-electron chi connectivity index (χ1n) is 48.5. The maximum absolute atomic E-state index is 16.4. The topological polar surface area (TPSA) is 179 Å². The van der Waals surface area contributed by atoms with Crippen LogP contribution in [0.1, 0.15) is 440 Å². The average molecular weight is 1750 g/mol. The van der Waals surface area contributed by atoms with E-state index in [2.05, 4.69) is 27.7 Å². The van der Waals surface area contributed by atoms with Crippen molar-refractivity contribution in [1.82, 2.24) is 0 Å².